The average molecular weight is 319 g/mol. The highest BCUT2D eigenvalue weighted by molar-refractivity contribution is 6.76. The van der Waals surface area contributed by atoms with E-state index in [2.05, 4.69) is 24.7 Å². The van der Waals surface area contributed by atoms with Gasteiger partial charge in [-0.25, -0.2) is 0 Å². The fourth-order valence-corrected chi connectivity index (χ4v) is 2.73. The number of nitrogens with zero attached hydrogens (tertiary/aromatic N) is 3. The predicted octanol–water partition coefficient (Wildman–Crippen LogP) is 3.77. The first kappa shape index (κ1) is 16.4. The van der Waals surface area contributed by atoms with E-state index in [1.165, 1.54) is 4.68 Å². The number of rotatable bonds is 7. The smallest absolute Gasteiger partial charge is 0.358 e. The van der Waals surface area contributed by atoms with Gasteiger partial charge in [0.05, 0.1) is 11.3 Å². The standard InChI is InChI=1S/C15H21N3O3Si/c1-22(2,3)10-9-21-12-17-11-14(15(16-17)18(19)20)13-7-5-4-6-8-13/h4-8,11H,9-10,12H2,1-3H3. The van der Waals surface area contributed by atoms with Gasteiger partial charge in [0.1, 0.15) is 5.56 Å². The van der Waals surface area contributed by atoms with E-state index < -0.39 is 13.0 Å². The van der Waals surface area contributed by atoms with Crippen LogP contribution in [-0.4, -0.2) is 29.4 Å². The Labute approximate surface area is 130 Å². The lowest BCUT2D eigenvalue weighted by atomic mass is 10.1. The maximum absolute atomic E-state index is 11.2. The Morgan fingerprint density at radius 1 is 1.27 bits per heavy atom. The second-order valence-corrected chi connectivity index (χ2v) is 12.0. The van der Waals surface area contributed by atoms with Crippen LogP contribution in [0.4, 0.5) is 5.82 Å². The molecule has 0 aliphatic carbocycles. The molecular weight excluding hydrogens is 298 g/mol. The van der Waals surface area contributed by atoms with Crippen LogP contribution in [0.2, 0.25) is 25.7 Å². The topological polar surface area (TPSA) is 70.2 Å². The van der Waals surface area contributed by atoms with E-state index in [9.17, 15) is 10.1 Å². The molecule has 0 spiro atoms. The lowest BCUT2D eigenvalue weighted by molar-refractivity contribution is -0.389. The van der Waals surface area contributed by atoms with Crippen LogP contribution in [0.15, 0.2) is 36.5 Å². The minimum Gasteiger partial charge on any atom is -0.358 e. The third-order valence-corrected chi connectivity index (χ3v) is 4.92. The molecule has 0 bridgehead atoms. The highest BCUT2D eigenvalue weighted by atomic mass is 28.3. The largest absolute Gasteiger partial charge is 0.397 e. The maximum Gasteiger partial charge on any atom is 0.397 e. The van der Waals surface area contributed by atoms with Crippen molar-refractivity contribution in [3.8, 4) is 11.1 Å². The Balaban J connectivity index is 2.09. The number of ether oxygens (including phenoxy) is 1. The SMILES string of the molecule is C[Si](C)(C)CCOCn1cc(-c2ccccc2)c([N+](=O)[O-])n1. The van der Waals surface area contributed by atoms with E-state index in [-0.39, 0.29) is 12.5 Å². The van der Waals surface area contributed by atoms with Gasteiger partial charge in [-0.15, -0.1) is 0 Å². The van der Waals surface area contributed by atoms with Crippen LogP contribution >= 0.6 is 0 Å². The molecule has 0 saturated carbocycles. The third-order valence-electron chi connectivity index (χ3n) is 3.22. The van der Waals surface area contributed by atoms with Crippen molar-refractivity contribution in [2.75, 3.05) is 6.61 Å². The van der Waals surface area contributed by atoms with Gasteiger partial charge in [0.15, 0.2) is 6.73 Å². The monoisotopic (exact) mass is 319 g/mol. The zero-order valence-corrected chi connectivity index (χ0v) is 14.2. The Hall–Kier alpha value is -1.99. The van der Waals surface area contributed by atoms with Crippen molar-refractivity contribution >= 4 is 13.9 Å². The Morgan fingerprint density at radius 2 is 1.95 bits per heavy atom. The lowest BCUT2D eigenvalue weighted by Crippen LogP contribution is -2.22. The first-order valence-corrected chi connectivity index (χ1v) is 10.9. The molecular formula is C15H21N3O3Si. The van der Waals surface area contributed by atoms with Gasteiger partial charge in [-0.2, -0.15) is 4.68 Å². The molecule has 2 aromatic rings. The summed E-state index contributed by atoms with van der Waals surface area (Å²) in [5, 5.41) is 15.2. The molecule has 118 valence electrons. The van der Waals surface area contributed by atoms with Crippen molar-refractivity contribution in [2.24, 2.45) is 0 Å². The van der Waals surface area contributed by atoms with Gasteiger partial charge in [-0.3, -0.25) is 0 Å². The molecule has 0 saturated heterocycles. The second-order valence-electron chi connectivity index (χ2n) is 6.38. The fourth-order valence-electron chi connectivity index (χ4n) is 1.97. The molecule has 22 heavy (non-hydrogen) atoms. The molecule has 0 amide bonds. The molecule has 0 aliphatic rings. The second kappa shape index (κ2) is 6.84. The first-order chi connectivity index (χ1) is 10.4. The van der Waals surface area contributed by atoms with E-state index in [1.807, 2.05) is 30.3 Å². The van der Waals surface area contributed by atoms with Crippen molar-refractivity contribution in [3.63, 3.8) is 0 Å². The van der Waals surface area contributed by atoms with Crippen molar-refractivity contribution in [3.05, 3.63) is 46.6 Å². The minimum absolute atomic E-state index is 0.139. The molecule has 1 aromatic carbocycles. The summed E-state index contributed by atoms with van der Waals surface area (Å²) in [5.41, 5.74) is 1.29. The molecule has 0 unspecified atom stereocenters. The van der Waals surface area contributed by atoms with Gasteiger partial charge in [-0.05, 0) is 16.5 Å². The maximum atomic E-state index is 11.2. The molecule has 0 atom stereocenters. The van der Waals surface area contributed by atoms with Crippen LogP contribution in [0.1, 0.15) is 0 Å². The summed E-state index contributed by atoms with van der Waals surface area (Å²) in [6.07, 6.45) is 1.67. The number of benzene rings is 1. The number of aromatic nitrogens is 2. The Kier molecular flexibility index (Phi) is 5.10. The highest BCUT2D eigenvalue weighted by Gasteiger charge is 2.22. The summed E-state index contributed by atoms with van der Waals surface area (Å²) in [6, 6.07) is 10.3. The van der Waals surface area contributed by atoms with Crippen LogP contribution in [0, 0.1) is 10.1 Å². The van der Waals surface area contributed by atoms with E-state index >= 15 is 0 Å². The number of nitro groups is 1. The molecule has 0 aliphatic heterocycles. The summed E-state index contributed by atoms with van der Waals surface area (Å²) in [6.45, 7) is 7.73. The molecule has 2 rings (SSSR count). The Bertz CT molecular complexity index is 635. The van der Waals surface area contributed by atoms with Crippen molar-refractivity contribution in [1.82, 2.24) is 9.78 Å². The van der Waals surface area contributed by atoms with Crippen LogP contribution in [0.3, 0.4) is 0 Å². The Morgan fingerprint density at radius 3 is 2.55 bits per heavy atom. The molecule has 0 radical (unpaired) electrons. The van der Waals surface area contributed by atoms with Crippen molar-refractivity contribution in [2.45, 2.75) is 32.4 Å². The van der Waals surface area contributed by atoms with E-state index in [4.69, 9.17) is 4.74 Å². The van der Waals surface area contributed by atoms with Crippen LogP contribution in [0.5, 0.6) is 0 Å². The van der Waals surface area contributed by atoms with Crippen LogP contribution < -0.4 is 0 Å². The van der Waals surface area contributed by atoms with Crippen LogP contribution in [0.25, 0.3) is 11.1 Å². The summed E-state index contributed by atoms with van der Waals surface area (Å²) in [4.78, 5) is 10.7. The molecule has 7 heteroatoms. The molecule has 1 heterocycles. The van der Waals surface area contributed by atoms with Crippen molar-refractivity contribution in [1.29, 1.82) is 0 Å². The number of hydrogen-bond donors (Lipinski definition) is 0. The highest BCUT2D eigenvalue weighted by Crippen LogP contribution is 2.28. The third kappa shape index (κ3) is 4.50. The quantitative estimate of drug-likeness (QED) is 0.337. The summed E-state index contributed by atoms with van der Waals surface area (Å²) >= 11 is 0. The first-order valence-electron chi connectivity index (χ1n) is 7.22. The van der Waals surface area contributed by atoms with Gasteiger partial charge in [-0.1, -0.05) is 50.0 Å². The van der Waals surface area contributed by atoms with Crippen molar-refractivity contribution < 1.29 is 9.66 Å². The molecule has 0 N–H and O–H groups in total. The molecule has 6 nitrogen and oxygen atoms in total. The van der Waals surface area contributed by atoms with E-state index in [1.54, 1.807) is 6.20 Å². The van der Waals surface area contributed by atoms with Gasteiger partial charge < -0.3 is 14.9 Å². The summed E-state index contributed by atoms with van der Waals surface area (Å²) in [5.74, 6) is -0.139. The van der Waals surface area contributed by atoms with Gasteiger partial charge >= 0.3 is 5.82 Å². The van der Waals surface area contributed by atoms with Gasteiger partial charge in [0.2, 0.25) is 0 Å². The van der Waals surface area contributed by atoms with Crippen LogP contribution in [-0.2, 0) is 11.5 Å². The zero-order chi connectivity index (χ0) is 16.2. The lowest BCUT2D eigenvalue weighted by Gasteiger charge is -2.14. The fraction of sp³-hybridized carbons (Fsp3) is 0.400. The van der Waals surface area contributed by atoms with Gasteiger partial charge in [0, 0.05) is 14.7 Å². The summed E-state index contributed by atoms with van der Waals surface area (Å²) in [7, 11) is -1.13. The molecule has 0 fully saturated rings. The average Bonchev–Trinajstić information content (AvgIpc) is 2.88. The zero-order valence-electron chi connectivity index (χ0n) is 13.2. The van der Waals surface area contributed by atoms with Gasteiger partial charge in [0.25, 0.3) is 0 Å². The van der Waals surface area contributed by atoms with E-state index in [0.717, 1.165) is 11.6 Å². The summed E-state index contributed by atoms with van der Waals surface area (Å²) < 4.78 is 7.08. The molecule has 1 aromatic heterocycles. The predicted molar refractivity (Wildman–Crippen MR) is 88.4 cm³/mol. The van der Waals surface area contributed by atoms with E-state index in [0.29, 0.717) is 12.2 Å². The number of hydrogen-bond acceptors (Lipinski definition) is 4. The normalized spacial score (nSPS) is 11.6. The minimum atomic E-state index is -1.13.